The third-order valence-electron chi connectivity index (χ3n) is 3.09. The fourth-order valence-electron chi connectivity index (χ4n) is 2.02. The number of hydrogen-bond acceptors (Lipinski definition) is 3. The molecule has 0 spiro atoms. The van der Waals surface area contributed by atoms with Crippen LogP contribution in [0.15, 0.2) is 30.5 Å². The van der Waals surface area contributed by atoms with Gasteiger partial charge in [-0.15, -0.1) is 13.2 Å². The van der Waals surface area contributed by atoms with E-state index in [4.69, 9.17) is 0 Å². The summed E-state index contributed by atoms with van der Waals surface area (Å²) in [5, 5.41) is 3.23. The number of halogens is 6. The highest BCUT2D eigenvalue weighted by Crippen LogP contribution is 2.32. The first-order chi connectivity index (χ1) is 11.4. The largest absolute Gasteiger partial charge is 0.573 e. The van der Waals surface area contributed by atoms with Crippen molar-refractivity contribution in [3.05, 3.63) is 41.7 Å². The van der Waals surface area contributed by atoms with Crippen molar-refractivity contribution in [1.29, 1.82) is 0 Å². The highest BCUT2D eigenvalue weighted by molar-refractivity contribution is 6.06. The van der Waals surface area contributed by atoms with E-state index in [-0.39, 0.29) is 5.69 Å². The summed E-state index contributed by atoms with van der Waals surface area (Å²) in [6.45, 7) is 0. The van der Waals surface area contributed by atoms with Gasteiger partial charge >= 0.3 is 12.5 Å². The summed E-state index contributed by atoms with van der Waals surface area (Å²) >= 11 is 0. The molecule has 0 atom stereocenters. The first-order valence-corrected chi connectivity index (χ1v) is 6.63. The van der Waals surface area contributed by atoms with Crippen LogP contribution < -0.4 is 9.64 Å². The fourth-order valence-corrected chi connectivity index (χ4v) is 2.02. The summed E-state index contributed by atoms with van der Waals surface area (Å²) in [5.41, 5.74) is -1.94. The molecule has 1 aromatic carbocycles. The van der Waals surface area contributed by atoms with Crippen molar-refractivity contribution in [2.24, 2.45) is 7.05 Å². The second kappa shape index (κ2) is 6.30. The van der Waals surface area contributed by atoms with E-state index in [1.54, 1.807) is 0 Å². The lowest BCUT2D eigenvalue weighted by atomic mass is 10.2. The Morgan fingerprint density at radius 2 is 1.68 bits per heavy atom. The van der Waals surface area contributed by atoms with Crippen molar-refractivity contribution in [2.75, 3.05) is 11.9 Å². The van der Waals surface area contributed by atoms with Gasteiger partial charge in [0.25, 0.3) is 5.91 Å². The maximum Gasteiger partial charge on any atom is 0.573 e. The molecule has 0 saturated carbocycles. The predicted octanol–water partition coefficient (Wildman–Crippen LogP) is 3.61. The molecule has 25 heavy (non-hydrogen) atoms. The minimum absolute atomic E-state index is 0.0801. The maximum absolute atomic E-state index is 12.9. The summed E-state index contributed by atoms with van der Waals surface area (Å²) in [7, 11) is 2.42. The van der Waals surface area contributed by atoms with Crippen molar-refractivity contribution in [3.63, 3.8) is 0 Å². The Hall–Kier alpha value is -2.72. The molecule has 136 valence electrons. The van der Waals surface area contributed by atoms with E-state index in [1.165, 1.54) is 14.1 Å². The molecular weight excluding hydrogens is 356 g/mol. The minimum atomic E-state index is -4.87. The van der Waals surface area contributed by atoms with Crippen LogP contribution in [0, 0.1) is 0 Å². The molecule has 0 N–H and O–H groups in total. The zero-order valence-corrected chi connectivity index (χ0v) is 12.8. The SMILES string of the molecule is CN(C(=O)c1cn(C)nc1C(F)(F)F)c1ccc(OC(F)(F)F)cc1. The Balaban J connectivity index is 2.26. The highest BCUT2D eigenvalue weighted by atomic mass is 19.4. The van der Waals surface area contributed by atoms with Gasteiger partial charge in [0.05, 0.1) is 5.56 Å². The Morgan fingerprint density at radius 1 is 1.12 bits per heavy atom. The van der Waals surface area contributed by atoms with Crippen molar-refractivity contribution in [2.45, 2.75) is 12.5 Å². The van der Waals surface area contributed by atoms with Gasteiger partial charge in [0.1, 0.15) is 5.75 Å². The predicted molar refractivity (Wildman–Crippen MR) is 74.1 cm³/mol. The number of anilines is 1. The Labute approximate surface area is 137 Å². The Morgan fingerprint density at radius 3 is 2.16 bits per heavy atom. The molecule has 1 amide bonds. The van der Waals surface area contributed by atoms with Crippen LogP contribution in [0.1, 0.15) is 16.1 Å². The molecule has 0 bridgehead atoms. The molecule has 0 unspecified atom stereocenters. The topological polar surface area (TPSA) is 47.4 Å². The van der Waals surface area contributed by atoms with Gasteiger partial charge in [-0.05, 0) is 24.3 Å². The van der Waals surface area contributed by atoms with Crippen LogP contribution in [0.5, 0.6) is 5.75 Å². The molecule has 11 heteroatoms. The molecule has 1 heterocycles. The third kappa shape index (κ3) is 4.43. The quantitative estimate of drug-likeness (QED) is 0.779. The molecule has 0 radical (unpaired) electrons. The smallest absolute Gasteiger partial charge is 0.406 e. The van der Waals surface area contributed by atoms with Gasteiger partial charge in [0.2, 0.25) is 0 Å². The van der Waals surface area contributed by atoms with Gasteiger partial charge < -0.3 is 9.64 Å². The van der Waals surface area contributed by atoms with Gasteiger partial charge in [0.15, 0.2) is 5.69 Å². The van der Waals surface area contributed by atoms with E-state index >= 15 is 0 Å². The van der Waals surface area contributed by atoms with Crippen molar-refractivity contribution in [3.8, 4) is 5.75 Å². The van der Waals surface area contributed by atoms with Gasteiger partial charge in [0, 0.05) is 26.0 Å². The molecule has 0 aliphatic heterocycles. The van der Waals surface area contributed by atoms with E-state index < -0.39 is 35.5 Å². The first kappa shape index (κ1) is 18.6. The van der Waals surface area contributed by atoms with Crippen molar-refractivity contribution < 1.29 is 35.9 Å². The molecule has 0 saturated heterocycles. The van der Waals surface area contributed by atoms with E-state index in [0.717, 1.165) is 40.0 Å². The third-order valence-corrected chi connectivity index (χ3v) is 3.09. The average Bonchev–Trinajstić information content (AvgIpc) is 2.87. The number of aromatic nitrogens is 2. The lowest BCUT2D eigenvalue weighted by Gasteiger charge is -2.18. The number of carbonyl (C=O) groups is 1. The van der Waals surface area contributed by atoms with Gasteiger partial charge in [-0.25, -0.2) is 0 Å². The molecule has 1 aromatic heterocycles. The van der Waals surface area contributed by atoms with Gasteiger partial charge in [-0.1, -0.05) is 0 Å². The monoisotopic (exact) mass is 367 g/mol. The number of aryl methyl sites for hydroxylation is 1. The number of carbonyl (C=O) groups excluding carboxylic acids is 1. The highest BCUT2D eigenvalue weighted by Gasteiger charge is 2.39. The van der Waals surface area contributed by atoms with Crippen LogP contribution in [-0.4, -0.2) is 29.1 Å². The lowest BCUT2D eigenvalue weighted by molar-refractivity contribution is -0.274. The molecule has 0 aliphatic rings. The maximum atomic E-state index is 12.9. The fraction of sp³-hybridized carbons (Fsp3) is 0.286. The number of ether oxygens (including phenoxy) is 1. The summed E-state index contributed by atoms with van der Waals surface area (Å²) < 4.78 is 79.6. The molecule has 0 aliphatic carbocycles. The average molecular weight is 367 g/mol. The van der Waals surface area contributed by atoms with E-state index in [1.807, 2.05) is 0 Å². The number of amides is 1. The van der Waals surface area contributed by atoms with E-state index in [0.29, 0.717) is 0 Å². The van der Waals surface area contributed by atoms with Crippen LogP contribution in [0.3, 0.4) is 0 Å². The number of alkyl halides is 6. The first-order valence-electron chi connectivity index (χ1n) is 6.63. The lowest BCUT2D eigenvalue weighted by Crippen LogP contribution is -2.28. The minimum Gasteiger partial charge on any atom is -0.406 e. The number of rotatable bonds is 3. The number of benzene rings is 1. The van der Waals surface area contributed by atoms with Crippen molar-refractivity contribution >= 4 is 11.6 Å². The molecular formula is C14H11F6N3O2. The zero-order chi connectivity index (χ0) is 19.0. The second-order valence-corrected chi connectivity index (χ2v) is 4.97. The summed E-state index contributed by atoms with van der Waals surface area (Å²) in [6, 6.07) is 4.12. The standard InChI is InChI=1S/C14H11F6N3O2/c1-22-7-10(11(21-22)13(15,16)17)12(24)23(2)8-3-5-9(6-4-8)25-14(18,19)20/h3-7H,1-2H3. The molecule has 2 rings (SSSR count). The molecule has 0 fully saturated rings. The number of nitrogens with zero attached hydrogens (tertiary/aromatic N) is 3. The van der Waals surface area contributed by atoms with Crippen LogP contribution in [0.4, 0.5) is 32.0 Å². The summed E-state index contributed by atoms with van der Waals surface area (Å²) in [6.07, 6.45) is -8.78. The summed E-state index contributed by atoms with van der Waals surface area (Å²) in [4.78, 5) is 13.2. The number of hydrogen-bond donors (Lipinski definition) is 0. The van der Waals surface area contributed by atoms with E-state index in [9.17, 15) is 31.1 Å². The second-order valence-electron chi connectivity index (χ2n) is 4.97. The Kier molecular flexibility index (Phi) is 4.69. The Bertz CT molecular complexity index is 764. The molecule has 2 aromatic rings. The van der Waals surface area contributed by atoms with Crippen LogP contribution in [0.25, 0.3) is 0 Å². The van der Waals surface area contributed by atoms with E-state index in [2.05, 4.69) is 9.84 Å². The van der Waals surface area contributed by atoms with Gasteiger partial charge in [-0.3, -0.25) is 9.48 Å². The van der Waals surface area contributed by atoms with Crippen LogP contribution in [0.2, 0.25) is 0 Å². The normalized spacial score (nSPS) is 12.2. The van der Waals surface area contributed by atoms with Crippen molar-refractivity contribution in [1.82, 2.24) is 9.78 Å². The van der Waals surface area contributed by atoms with Crippen LogP contribution >= 0.6 is 0 Å². The summed E-state index contributed by atoms with van der Waals surface area (Å²) in [5.74, 6) is -1.53. The van der Waals surface area contributed by atoms with Crippen LogP contribution in [-0.2, 0) is 13.2 Å². The molecule has 5 nitrogen and oxygen atoms in total. The zero-order valence-electron chi connectivity index (χ0n) is 12.8. The van der Waals surface area contributed by atoms with Gasteiger partial charge in [-0.2, -0.15) is 18.3 Å².